The molecule has 0 bridgehead atoms. The van der Waals surface area contributed by atoms with Crippen molar-refractivity contribution in [2.45, 2.75) is 97.5 Å². The maximum Gasteiger partial charge on any atom is 0.357 e. The number of carbonyl (C=O) groups is 1. The molecule has 0 N–H and O–H groups in total. The van der Waals surface area contributed by atoms with Gasteiger partial charge in [-0.2, -0.15) is 0 Å². The summed E-state index contributed by atoms with van der Waals surface area (Å²) < 4.78 is 5.77. The number of carbonyl (C=O) groups excluding carboxylic acids is 1. The summed E-state index contributed by atoms with van der Waals surface area (Å²) in [5, 5.41) is 0. The number of unbranched alkanes of at least 4 members (excludes halogenated alkanes) is 6. The lowest BCUT2D eigenvalue weighted by Crippen LogP contribution is -2.12. The second kappa shape index (κ2) is 14.0. The number of aryl methyl sites for hydroxylation is 2. The number of rotatable bonds is 14. The fourth-order valence-corrected chi connectivity index (χ4v) is 3.66. The van der Waals surface area contributed by atoms with Crippen LogP contribution in [-0.4, -0.2) is 11.0 Å². The van der Waals surface area contributed by atoms with Crippen LogP contribution in [0.1, 0.15) is 112 Å². The Hall–Kier alpha value is -2.16. The molecule has 0 aliphatic heterocycles. The van der Waals surface area contributed by atoms with Crippen molar-refractivity contribution in [1.29, 1.82) is 0 Å². The standard InChI is InChI=1S/C27H39NO2/c1-4-7-9-10-11-12-14-23-17-20-25(28-21-23)27(29)30-26(6-3)24-18-15-22(16-19-24)13-8-5-2/h15-21,26H,4-14H2,1-3H3. The first-order valence-corrected chi connectivity index (χ1v) is 11.9. The number of ether oxygens (including phenoxy) is 1. The fourth-order valence-electron chi connectivity index (χ4n) is 3.66. The van der Waals surface area contributed by atoms with Crippen molar-refractivity contribution >= 4 is 5.97 Å². The lowest BCUT2D eigenvalue weighted by molar-refractivity contribution is 0.0281. The van der Waals surface area contributed by atoms with Gasteiger partial charge in [-0.25, -0.2) is 9.78 Å². The number of nitrogens with zero attached hydrogens (tertiary/aromatic N) is 1. The first-order valence-electron chi connectivity index (χ1n) is 11.9. The third kappa shape index (κ3) is 8.30. The third-order valence-electron chi connectivity index (χ3n) is 5.64. The van der Waals surface area contributed by atoms with Gasteiger partial charge in [0.2, 0.25) is 0 Å². The molecule has 3 heteroatoms. The van der Waals surface area contributed by atoms with Crippen molar-refractivity contribution in [3.8, 4) is 0 Å². The molecule has 1 unspecified atom stereocenters. The molecule has 0 saturated carbocycles. The molecule has 0 aliphatic rings. The number of esters is 1. The molecule has 0 radical (unpaired) electrons. The summed E-state index contributed by atoms with van der Waals surface area (Å²) in [5.41, 5.74) is 3.96. The number of aromatic nitrogens is 1. The summed E-state index contributed by atoms with van der Waals surface area (Å²) in [4.78, 5) is 16.9. The van der Waals surface area contributed by atoms with Crippen LogP contribution in [0.5, 0.6) is 0 Å². The monoisotopic (exact) mass is 409 g/mol. The molecule has 30 heavy (non-hydrogen) atoms. The minimum Gasteiger partial charge on any atom is -0.453 e. The maximum atomic E-state index is 12.6. The molecular formula is C27H39NO2. The van der Waals surface area contributed by atoms with E-state index in [0.29, 0.717) is 5.69 Å². The van der Waals surface area contributed by atoms with Gasteiger partial charge in [-0.15, -0.1) is 0 Å². The van der Waals surface area contributed by atoms with Crippen LogP contribution in [0.4, 0.5) is 0 Å². The lowest BCUT2D eigenvalue weighted by atomic mass is 10.0. The Labute approximate surface area is 183 Å². The summed E-state index contributed by atoms with van der Waals surface area (Å²) >= 11 is 0. The van der Waals surface area contributed by atoms with E-state index in [1.165, 1.54) is 62.5 Å². The van der Waals surface area contributed by atoms with Gasteiger partial charge in [0.15, 0.2) is 0 Å². The zero-order valence-electron chi connectivity index (χ0n) is 19.2. The number of pyridine rings is 1. The minimum absolute atomic E-state index is 0.234. The molecule has 1 heterocycles. The molecule has 0 amide bonds. The summed E-state index contributed by atoms with van der Waals surface area (Å²) in [6.07, 6.45) is 14.6. The summed E-state index contributed by atoms with van der Waals surface area (Å²) in [6.45, 7) is 6.49. The zero-order valence-corrected chi connectivity index (χ0v) is 19.2. The highest BCUT2D eigenvalue weighted by molar-refractivity contribution is 5.87. The van der Waals surface area contributed by atoms with E-state index in [-0.39, 0.29) is 12.1 Å². The van der Waals surface area contributed by atoms with E-state index in [9.17, 15) is 4.79 Å². The average Bonchev–Trinajstić information content (AvgIpc) is 2.79. The first kappa shape index (κ1) is 24.1. The molecule has 164 valence electrons. The van der Waals surface area contributed by atoms with Crippen LogP contribution in [-0.2, 0) is 17.6 Å². The lowest BCUT2D eigenvalue weighted by Gasteiger charge is -2.17. The Bertz CT molecular complexity index is 722. The molecule has 0 saturated heterocycles. The fraction of sp³-hybridized carbons (Fsp3) is 0.556. The average molecular weight is 410 g/mol. The second-order valence-electron chi connectivity index (χ2n) is 8.22. The Morgan fingerprint density at radius 2 is 1.43 bits per heavy atom. The molecule has 2 aromatic rings. The van der Waals surface area contributed by atoms with Gasteiger partial charge in [-0.3, -0.25) is 0 Å². The Morgan fingerprint density at radius 1 is 0.800 bits per heavy atom. The van der Waals surface area contributed by atoms with Crippen LogP contribution < -0.4 is 0 Å². The van der Waals surface area contributed by atoms with Gasteiger partial charge < -0.3 is 4.74 Å². The van der Waals surface area contributed by atoms with E-state index < -0.39 is 0 Å². The summed E-state index contributed by atoms with van der Waals surface area (Å²) in [7, 11) is 0. The van der Waals surface area contributed by atoms with Crippen molar-refractivity contribution in [2.75, 3.05) is 0 Å². The van der Waals surface area contributed by atoms with Gasteiger partial charge in [-0.05, 0) is 54.9 Å². The van der Waals surface area contributed by atoms with E-state index in [2.05, 4.69) is 43.1 Å². The molecule has 0 aliphatic carbocycles. The van der Waals surface area contributed by atoms with Gasteiger partial charge in [0, 0.05) is 6.20 Å². The van der Waals surface area contributed by atoms with Crippen LogP contribution in [0, 0.1) is 0 Å². The van der Waals surface area contributed by atoms with E-state index in [1.54, 1.807) is 6.07 Å². The topological polar surface area (TPSA) is 39.2 Å². The predicted molar refractivity (Wildman–Crippen MR) is 125 cm³/mol. The van der Waals surface area contributed by atoms with Crippen LogP contribution in [0.15, 0.2) is 42.6 Å². The quantitative estimate of drug-likeness (QED) is 0.238. The maximum absolute atomic E-state index is 12.6. The van der Waals surface area contributed by atoms with Gasteiger partial charge >= 0.3 is 5.97 Å². The smallest absolute Gasteiger partial charge is 0.357 e. The van der Waals surface area contributed by atoms with Crippen LogP contribution in [0.2, 0.25) is 0 Å². The highest BCUT2D eigenvalue weighted by Gasteiger charge is 2.17. The molecule has 1 aromatic heterocycles. The number of hydrogen-bond donors (Lipinski definition) is 0. The van der Waals surface area contributed by atoms with Crippen LogP contribution in [0.25, 0.3) is 0 Å². The summed E-state index contributed by atoms with van der Waals surface area (Å²) in [5.74, 6) is -0.344. The SMILES string of the molecule is CCCCCCCCc1ccc(C(=O)OC(CC)c2ccc(CCCC)cc2)nc1. The second-order valence-corrected chi connectivity index (χ2v) is 8.22. The largest absolute Gasteiger partial charge is 0.453 e. The van der Waals surface area contributed by atoms with Crippen LogP contribution in [0.3, 0.4) is 0 Å². The normalized spacial score (nSPS) is 12.0. The molecule has 2 rings (SSSR count). The molecule has 3 nitrogen and oxygen atoms in total. The first-order chi connectivity index (χ1) is 14.7. The van der Waals surface area contributed by atoms with E-state index in [0.717, 1.165) is 24.8 Å². The number of hydrogen-bond acceptors (Lipinski definition) is 3. The molecule has 0 fully saturated rings. The minimum atomic E-state index is -0.344. The van der Waals surface area contributed by atoms with Crippen LogP contribution >= 0.6 is 0 Å². The summed E-state index contributed by atoms with van der Waals surface area (Å²) in [6, 6.07) is 12.3. The van der Waals surface area contributed by atoms with Crippen molar-refractivity contribution in [3.63, 3.8) is 0 Å². The Kier molecular flexibility index (Phi) is 11.2. The van der Waals surface area contributed by atoms with Crippen molar-refractivity contribution < 1.29 is 9.53 Å². The van der Waals surface area contributed by atoms with Crippen molar-refractivity contribution in [2.24, 2.45) is 0 Å². The molecule has 1 aromatic carbocycles. The highest BCUT2D eigenvalue weighted by atomic mass is 16.5. The molecule has 1 atom stereocenters. The Morgan fingerprint density at radius 3 is 2.07 bits per heavy atom. The van der Waals surface area contributed by atoms with E-state index in [4.69, 9.17) is 4.74 Å². The van der Waals surface area contributed by atoms with Gasteiger partial charge in [0.05, 0.1) is 0 Å². The zero-order chi connectivity index (χ0) is 21.6. The Balaban J connectivity index is 1.84. The highest BCUT2D eigenvalue weighted by Crippen LogP contribution is 2.23. The predicted octanol–water partition coefficient (Wildman–Crippen LogP) is 7.64. The van der Waals surface area contributed by atoms with E-state index >= 15 is 0 Å². The van der Waals surface area contributed by atoms with Gasteiger partial charge in [-0.1, -0.05) is 89.6 Å². The number of benzene rings is 1. The molecule has 0 spiro atoms. The van der Waals surface area contributed by atoms with Gasteiger partial charge in [0.1, 0.15) is 11.8 Å². The van der Waals surface area contributed by atoms with E-state index in [1.807, 2.05) is 19.2 Å². The third-order valence-corrected chi connectivity index (χ3v) is 5.64. The van der Waals surface area contributed by atoms with Gasteiger partial charge in [0.25, 0.3) is 0 Å². The van der Waals surface area contributed by atoms with Crippen molar-refractivity contribution in [3.05, 3.63) is 65.0 Å². The van der Waals surface area contributed by atoms with Crippen molar-refractivity contribution in [1.82, 2.24) is 4.98 Å². The molecular weight excluding hydrogens is 370 g/mol.